The number of carbonyl (C=O) groups is 1. The van der Waals surface area contributed by atoms with Gasteiger partial charge in [-0.2, -0.15) is 0 Å². The van der Waals surface area contributed by atoms with Crippen molar-refractivity contribution in [2.75, 3.05) is 19.6 Å². The summed E-state index contributed by atoms with van der Waals surface area (Å²) in [6.45, 7) is 4.34. The number of aromatic nitrogens is 2. The zero-order chi connectivity index (χ0) is 13.2. The van der Waals surface area contributed by atoms with Crippen LogP contribution in [-0.2, 0) is 0 Å². The molecule has 0 saturated carbocycles. The van der Waals surface area contributed by atoms with Gasteiger partial charge in [0.05, 0.1) is 17.2 Å². The average Bonchev–Trinajstić information content (AvgIpc) is 2.46. The molecule has 0 radical (unpaired) electrons. The highest BCUT2D eigenvalue weighted by Gasteiger charge is 2.22. The van der Waals surface area contributed by atoms with Crippen LogP contribution < -0.4 is 5.32 Å². The summed E-state index contributed by atoms with van der Waals surface area (Å²) in [4.78, 5) is 22.9. The second kappa shape index (κ2) is 7.54. The third-order valence-corrected chi connectivity index (χ3v) is 3.32. The molecule has 1 aromatic heterocycles. The fraction of sp³-hybridized carbons (Fsp3) is 0.357. The van der Waals surface area contributed by atoms with E-state index in [0.717, 1.165) is 24.1 Å². The lowest BCUT2D eigenvalue weighted by Crippen LogP contribution is -2.51. The predicted molar refractivity (Wildman–Crippen MR) is 87.4 cm³/mol. The summed E-state index contributed by atoms with van der Waals surface area (Å²) in [6, 6.07) is 7.91. The molecule has 1 atom stereocenters. The minimum atomic E-state index is -0.0356. The van der Waals surface area contributed by atoms with Gasteiger partial charge in [0.25, 0.3) is 5.91 Å². The molecule has 1 fully saturated rings. The number of benzene rings is 1. The molecule has 21 heavy (non-hydrogen) atoms. The van der Waals surface area contributed by atoms with Gasteiger partial charge < -0.3 is 10.2 Å². The zero-order valence-corrected chi connectivity index (χ0v) is 13.3. The third-order valence-electron chi connectivity index (χ3n) is 3.32. The molecule has 1 aromatic carbocycles. The lowest BCUT2D eigenvalue weighted by molar-refractivity contribution is 0.0703. The fourth-order valence-corrected chi connectivity index (χ4v) is 2.34. The standard InChI is InChI=1S/C14H16N4O.2ClH/c1-10-9-18(7-6-15-10)14(19)13-8-16-11-4-2-3-5-12(11)17-13;;/h2-5,8,10,15H,6-7,9H2,1H3;2*1H/t10-;;/m0../s1. The predicted octanol–water partition coefficient (Wildman–Crippen LogP) is 1.91. The molecule has 7 heteroatoms. The number of nitrogens with one attached hydrogen (secondary N) is 1. The van der Waals surface area contributed by atoms with Crippen LogP contribution in [0.25, 0.3) is 11.0 Å². The van der Waals surface area contributed by atoms with E-state index in [1.54, 1.807) is 6.20 Å². The van der Waals surface area contributed by atoms with Crippen molar-refractivity contribution in [1.29, 1.82) is 0 Å². The van der Waals surface area contributed by atoms with Crippen LogP contribution in [0, 0.1) is 0 Å². The Morgan fingerprint density at radius 2 is 2.00 bits per heavy atom. The van der Waals surface area contributed by atoms with Crippen LogP contribution in [0.2, 0.25) is 0 Å². The first-order valence-corrected chi connectivity index (χ1v) is 6.48. The molecule has 1 saturated heterocycles. The lowest BCUT2D eigenvalue weighted by atomic mass is 10.2. The Kier molecular flexibility index (Phi) is 6.33. The quantitative estimate of drug-likeness (QED) is 0.868. The largest absolute Gasteiger partial charge is 0.334 e. The van der Waals surface area contributed by atoms with Crippen molar-refractivity contribution in [3.63, 3.8) is 0 Å². The third kappa shape index (κ3) is 3.81. The van der Waals surface area contributed by atoms with E-state index in [4.69, 9.17) is 0 Å². The molecule has 0 bridgehead atoms. The second-order valence-electron chi connectivity index (χ2n) is 4.85. The number of amides is 1. The average molecular weight is 329 g/mol. The van der Waals surface area contributed by atoms with Gasteiger partial charge in [-0.25, -0.2) is 4.98 Å². The van der Waals surface area contributed by atoms with Gasteiger partial charge in [0, 0.05) is 25.7 Å². The number of fused-ring (bicyclic) bond motifs is 1. The minimum absolute atomic E-state index is 0. The molecule has 1 N–H and O–H groups in total. The van der Waals surface area contributed by atoms with E-state index in [-0.39, 0.29) is 30.7 Å². The molecule has 114 valence electrons. The summed E-state index contributed by atoms with van der Waals surface area (Å²) in [6.07, 6.45) is 1.57. The molecule has 1 aliphatic heterocycles. The maximum atomic E-state index is 12.4. The summed E-state index contributed by atoms with van der Waals surface area (Å²) < 4.78 is 0. The Morgan fingerprint density at radius 3 is 2.71 bits per heavy atom. The van der Waals surface area contributed by atoms with E-state index in [1.807, 2.05) is 29.2 Å². The number of piperazine rings is 1. The number of nitrogens with zero attached hydrogens (tertiary/aromatic N) is 3. The van der Waals surface area contributed by atoms with Crippen molar-refractivity contribution in [2.24, 2.45) is 0 Å². The monoisotopic (exact) mass is 328 g/mol. The van der Waals surface area contributed by atoms with Crippen molar-refractivity contribution < 1.29 is 4.79 Å². The number of halogens is 2. The smallest absolute Gasteiger partial charge is 0.274 e. The Morgan fingerprint density at radius 1 is 1.29 bits per heavy atom. The van der Waals surface area contributed by atoms with Gasteiger partial charge in [-0.15, -0.1) is 24.8 Å². The molecule has 3 rings (SSSR count). The first kappa shape index (κ1) is 17.6. The van der Waals surface area contributed by atoms with E-state index in [1.165, 1.54) is 0 Å². The van der Waals surface area contributed by atoms with Crippen molar-refractivity contribution >= 4 is 41.8 Å². The molecule has 2 aromatic rings. The maximum absolute atomic E-state index is 12.4. The normalized spacial score (nSPS) is 17.8. The molecular weight excluding hydrogens is 311 g/mol. The second-order valence-corrected chi connectivity index (χ2v) is 4.85. The zero-order valence-electron chi connectivity index (χ0n) is 11.7. The Bertz CT molecular complexity index is 623. The summed E-state index contributed by atoms with van der Waals surface area (Å²) >= 11 is 0. The molecule has 1 amide bonds. The van der Waals surface area contributed by atoms with E-state index in [0.29, 0.717) is 18.3 Å². The highest BCUT2D eigenvalue weighted by molar-refractivity contribution is 5.93. The highest BCUT2D eigenvalue weighted by atomic mass is 35.5. The summed E-state index contributed by atoms with van der Waals surface area (Å²) in [5.41, 5.74) is 2.00. The Hall–Kier alpha value is -1.43. The van der Waals surface area contributed by atoms with Gasteiger partial charge in [0.2, 0.25) is 0 Å². The van der Waals surface area contributed by atoms with Gasteiger partial charge in [-0.05, 0) is 19.1 Å². The van der Waals surface area contributed by atoms with Crippen molar-refractivity contribution in [1.82, 2.24) is 20.2 Å². The molecule has 0 spiro atoms. The summed E-state index contributed by atoms with van der Waals surface area (Å²) in [7, 11) is 0. The highest BCUT2D eigenvalue weighted by Crippen LogP contribution is 2.11. The SMILES string of the molecule is C[C@H]1CN(C(=O)c2cnc3ccccc3n2)CCN1.Cl.Cl. The van der Waals surface area contributed by atoms with Crippen LogP contribution in [0.5, 0.6) is 0 Å². The van der Waals surface area contributed by atoms with Crippen molar-refractivity contribution in [2.45, 2.75) is 13.0 Å². The first-order valence-electron chi connectivity index (χ1n) is 6.48. The summed E-state index contributed by atoms with van der Waals surface area (Å²) in [5, 5.41) is 3.32. The minimum Gasteiger partial charge on any atom is -0.334 e. The van der Waals surface area contributed by atoms with Gasteiger partial charge in [-0.3, -0.25) is 9.78 Å². The number of rotatable bonds is 1. The van der Waals surface area contributed by atoms with Crippen LogP contribution in [0.3, 0.4) is 0 Å². The van der Waals surface area contributed by atoms with Gasteiger partial charge in [0.1, 0.15) is 5.69 Å². The molecule has 2 heterocycles. The number of carbonyl (C=O) groups excluding carboxylic acids is 1. The lowest BCUT2D eigenvalue weighted by Gasteiger charge is -2.31. The first-order chi connectivity index (χ1) is 9.24. The van der Waals surface area contributed by atoms with Gasteiger partial charge >= 0.3 is 0 Å². The Balaban J connectivity index is 0.00000110. The van der Waals surface area contributed by atoms with E-state index in [2.05, 4.69) is 22.2 Å². The molecular formula is C14H18Cl2N4O. The number of para-hydroxylation sites is 2. The Labute approximate surface area is 136 Å². The van der Waals surface area contributed by atoms with Crippen LogP contribution in [0.1, 0.15) is 17.4 Å². The summed E-state index contributed by atoms with van der Waals surface area (Å²) in [5.74, 6) is -0.0356. The molecule has 5 nitrogen and oxygen atoms in total. The topological polar surface area (TPSA) is 58.1 Å². The van der Waals surface area contributed by atoms with Crippen LogP contribution in [-0.4, -0.2) is 46.5 Å². The van der Waals surface area contributed by atoms with Crippen LogP contribution >= 0.6 is 24.8 Å². The van der Waals surface area contributed by atoms with E-state index >= 15 is 0 Å². The van der Waals surface area contributed by atoms with Crippen LogP contribution in [0.15, 0.2) is 30.5 Å². The molecule has 0 aliphatic carbocycles. The number of hydrogen-bond donors (Lipinski definition) is 1. The van der Waals surface area contributed by atoms with E-state index < -0.39 is 0 Å². The fourth-order valence-electron chi connectivity index (χ4n) is 2.34. The van der Waals surface area contributed by atoms with Gasteiger partial charge in [-0.1, -0.05) is 12.1 Å². The van der Waals surface area contributed by atoms with Crippen molar-refractivity contribution in [3.8, 4) is 0 Å². The maximum Gasteiger partial charge on any atom is 0.274 e. The number of hydrogen-bond acceptors (Lipinski definition) is 4. The van der Waals surface area contributed by atoms with E-state index in [9.17, 15) is 4.79 Å². The molecule has 0 unspecified atom stereocenters. The van der Waals surface area contributed by atoms with Gasteiger partial charge in [0.15, 0.2) is 0 Å². The molecule has 1 aliphatic rings. The van der Waals surface area contributed by atoms with Crippen molar-refractivity contribution in [3.05, 3.63) is 36.2 Å². The van der Waals surface area contributed by atoms with Crippen LogP contribution in [0.4, 0.5) is 0 Å².